The molecule has 0 aliphatic rings. The summed E-state index contributed by atoms with van der Waals surface area (Å²) in [5.74, 6) is -0.937. The number of carbonyl (C=O) groups excluding carboxylic acids is 6. The van der Waals surface area contributed by atoms with Crippen molar-refractivity contribution in [1.29, 1.82) is 0 Å². The van der Waals surface area contributed by atoms with Crippen LogP contribution in [-0.2, 0) is 0 Å². The summed E-state index contributed by atoms with van der Waals surface area (Å²) in [5, 5.41) is 0. The van der Waals surface area contributed by atoms with E-state index < -0.39 is 0 Å². The SMILES string of the molecule is O=C(CC(=O)c1ccco1)c1ccco1.O=C(CC(=O)c1ccco1)c1ccco1.O=C(CC(=O)c1ccco1)c1ccco1.[Eu+3]. The van der Waals surface area contributed by atoms with E-state index in [1.807, 2.05) is 0 Å². The van der Waals surface area contributed by atoms with Crippen LogP contribution in [0.3, 0.4) is 0 Å². The van der Waals surface area contributed by atoms with Crippen LogP contribution < -0.4 is 0 Å². The molecule has 0 fully saturated rings. The zero-order valence-corrected chi connectivity index (χ0v) is 26.2. The number of hydrogen-bond acceptors (Lipinski definition) is 12. The van der Waals surface area contributed by atoms with E-state index in [1.165, 1.54) is 74.0 Å². The van der Waals surface area contributed by atoms with Crippen LogP contribution in [0.4, 0.5) is 0 Å². The van der Waals surface area contributed by atoms with E-state index in [-0.39, 0.29) is 138 Å². The second-order valence-electron chi connectivity index (χ2n) is 8.93. The van der Waals surface area contributed by atoms with Crippen molar-refractivity contribution in [3.63, 3.8) is 0 Å². The first-order chi connectivity index (χ1) is 21.8. The molecule has 13 heteroatoms. The molecule has 0 spiro atoms. The van der Waals surface area contributed by atoms with Crippen LogP contribution in [0.1, 0.15) is 82.6 Å². The van der Waals surface area contributed by atoms with Crippen LogP contribution in [-0.4, -0.2) is 34.7 Å². The molecule has 232 valence electrons. The summed E-state index contributed by atoms with van der Waals surface area (Å²) in [7, 11) is 0. The van der Waals surface area contributed by atoms with Gasteiger partial charge < -0.3 is 26.5 Å². The van der Waals surface area contributed by atoms with Gasteiger partial charge in [0.25, 0.3) is 0 Å². The average Bonchev–Trinajstić information content (AvgIpc) is 3.91. The maximum atomic E-state index is 11.5. The van der Waals surface area contributed by atoms with Gasteiger partial charge in [-0.1, -0.05) is 0 Å². The molecule has 0 amide bonds. The maximum Gasteiger partial charge on any atom is 3.00 e. The summed E-state index contributed by atoms with van der Waals surface area (Å²) in [6.07, 6.45) is 7.66. The van der Waals surface area contributed by atoms with Gasteiger partial charge in [0.1, 0.15) is 0 Å². The van der Waals surface area contributed by atoms with Gasteiger partial charge in [-0.2, -0.15) is 0 Å². The molecule has 6 heterocycles. The van der Waals surface area contributed by atoms with Gasteiger partial charge >= 0.3 is 49.4 Å². The molecule has 0 aliphatic carbocycles. The molecule has 0 bridgehead atoms. The van der Waals surface area contributed by atoms with Gasteiger partial charge in [0.05, 0.1) is 56.8 Å². The standard InChI is InChI=1S/3C11H8O4.Eu/c3*12-8(10-3-1-5-14-10)7-9(13)11-4-2-6-15-11;/h3*1-6H,7H2;/q;;;+3. The fourth-order valence-corrected chi connectivity index (χ4v) is 3.58. The third kappa shape index (κ3) is 10.7. The maximum absolute atomic E-state index is 11.5. The van der Waals surface area contributed by atoms with Crippen LogP contribution in [0.15, 0.2) is 137 Å². The van der Waals surface area contributed by atoms with Gasteiger partial charge in [0.15, 0.2) is 34.6 Å². The average molecular weight is 765 g/mol. The van der Waals surface area contributed by atoms with E-state index in [0.717, 1.165) is 0 Å². The van der Waals surface area contributed by atoms with Gasteiger partial charge in [0.2, 0.25) is 34.7 Å². The van der Waals surface area contributed by atoms with Crippen molar-refractivity contribution in [2.75, 3.05) is 0 Å². The molecular formula is C33H24EuO12+3. The summed E-state index contributed by atoms with van der Waals surface area (Å²) in [4.78, 5) is 68.7. The minimum Gasteiger partial charge on any atom is -0.461 e. The molecule has 0 N–H and O–H groups in total. The van der Waals surface area contributed by atoms with Crippen molar-refractivity contribution in [3.8, 4) is 0 Å². The summed E-state index contributed by atoms with van der Waals surface area (Å²) in [5.41, 5.74) is 0. The third-order valence-electron chi connectivity index (χ3n) is 5.74. The molecule has 0 aliphatic heterocycles. The van der Waals surface area contributed by atoms with E-state index in [0.29, 0.717) is 0 Å². The first kappa shape index (κ1) is 35.8. The largest absolute Gasteiger partial charge is 3.00 e. The molecular weight excluding hydrogens is 740 g/mol. The molecule has 0 unspecified atom stereocenters. The van der Waals surface area contributed by atoms with Gasteiger partial charge in [-0.3, -0.25) is 28.8 Å². The Morgan fingerprint density at radius 1 is 0.326 bits per heavy atom. The van der Waals surface area contributed by atoms with E-state index in [1.54, 1.807) is 36.4 Å². The Labute approximate surface area is 301 Å². The predicted octanol–water partition coefficient (Wildman–Crippen LogP) is 6.98. The van der Waals surface area contributed by atoms with Crippen LogP contribution in [0.2, 0.25) is 0 Å². The summed E-state index contributed by atoms with van der Waals surface area (Å²) in [6.45, 7) is 0. The number of Topliss-reactive ketones (excluding diaryl/α,β-unsaturated/α-hetero) is 6. The molecule has 12 nitrogen and oxygen atoms in total. The third-order valence-corrected chi connectivity index (χ3v) is 5.74. The fourth-order valence-electron chi connectivity index (χ4n) is 3.58. The number of hydrogen-bond donors (Lipinski definition) is 0. The molecule has 0 radical (unpaired) electrons. The van der Waals surface area contributed by atoms with Gasteiger partial charge in [-0.25, -0.2) is 0 Å². The zero-order valence-electron chi connectivity index (χ0n) is 23.8. The van der Waals surface area contributed by atoms with Gasteiger partial charge in [-0.05, 0) is 72.8 Å². The molecule has 0 aromatic carbocycles. The molecule has 0 atom stereocenters. The molecule has 6 rings (SSSR count). The van der Waals surface area contributed by atoms with Crippen molar-refractivity contribution in [2.24, 2.45) is 0 Å². The summed E-state index contributed by atoms with van der Waals surface area (Å²) < 4.78 is 29.3. The van der Waals surface area contributed by atoms with Crippen molar-refractivity contribution in [3.05, 3.63) is 145 Å². The predicted molar refractivity (Wildman–Crippen MR) is 152 cm³/mol. The Morgan fingerprint density at radius 2 is 0.478 bits per heavy atom. The van der Waals surface area contributed by atoms with Crippen LogP contribution >= 0.6 is 0 Å². The quantitative estimate of drug-likeness (QED) is 0.0922. The number of carbonyl (C=O) groups is 6. The van der Waals surface area contributed by atoms with E-state index in [9.17, 15) is 28.8 Å². The number of rotatable bonds is 12. The van der Waals surface area contributed by atoms with Crippen molar-refractivity contribution < 1.29 is 105 Å². The van der Waals surface area contributed by atoms with Crippen molar-refractivity contribution in [1.82, 2.24) is 0 Å². The minimum atomic E-state index is -0.346. The molecule has 6 aromatic heterocycles. The van der Waals surface area contributed by atoms with Gasteiger partial charge in [0, 0.05) is 0 Å². The Morgan fingerprint density at radius 3 is 0.587 bits per heavy atom. The Bertz CT molecular complexity index is 1440. The minimum absolute atomic E-state index is 0. The van der Waals surface area contributed by atoms with Crippen molar-refractivity contribution in [2.45, 2.75) is 19.3 Å². The number of ketones is 6. The second-order valence-corrected chi connectivity index (χ2v) is 8.93. The summed E-state index contributed by atoms with van der Waals surface area (Å²) >= 11 is 0. The first-order valence-electron chi connectivity index (χ1n) is 13.2. The van der Waals surface area contributed by atoms with Crippen molar-refractivity contribution >= 4 is 34.7 Å². The fraction of sp³-hybridized carbons (Fsp3) is 0.0909. The smallest absolute Gasteiger partial charge is 0.461 e. The van der Waals surface area contributed by atoms with Crippen LogP contribution in [0.5, 0.6) is 0 Å². The van der Waals surface area contributed by atoms with E-state index in [4.69, 9.17) is 26.5 Å². The van der Waals surface area contributed by atoms with E-state index >= 15 is 0 Å². The molecule has 46 heavy (non-hydrogen) atoms. The zero-order chi connectivity index (χ0) is 32.0. The Balaban J connectivity index is 0.000000186. The second kappa shape index (κ2) is 18.3. The molecule has 0 saturated carbocycles. The Hall–Kier alpha value is -4.72. The van der Waals surface area contributed by atoms with Crippen LogP contribution in [0.25, 0.3) is 0 Å². The topological polar surface area (TPSA) is 181 Å². The van der Waals surface area contributed by atoms with Crippen LogP contribution in [0, 0.1) is 49.4 Å². The number of furan rings is 6. The first-order valence-corrected chi connectivity index (χ1v) is 13.2. The monoisotopic (exact) mass is 765 g/mol. The van der Waals surface area contributed by atoms with E-state index in [2.05, 4.69) is 0 Å². The summed E-state index contributed by atoms with van der Waals surface area (Å²) in [6, 6.07) is 18.8. The van der Waals surface area contributed by atoms with Gasteiger partial charge in [-0.15, -0.1) is 0 Å². The molecule has 6 aromatic rings. The normalized spacial score (nSPS) is 9.91. The Kier molecular flexibility index (Phi) is 14.2. The molecule has 0 saturated heterocycles.